The Morgan fingerprint density at radius 1 is 1.25 bits per heavy atom. The predicted molar refractivity (Wildman–Crippen MR) is 77.1 cm³/mol. The van der Waals surface area contributed by atoms with Crippen molar-refractivity contribution in [2.24, 2.45) is 0 Å². The molecule has 0 radical (unpaired) electrons. The summed E-state index contributed by atoms with van der Waals surface area (Å²) in [6.07, 6.45) is 3.98. The molecule has 0 amide bonds. The molecule has 1 aliphatic rings. The Hall–Kier alpha value is -0.386. The number of rotatable bonds is 3. The molecule has 0 N–H and O–H groups in total. The van der Waals surface area contributed by atoms with E-state index in [-0.39, 0.29) is 10.9 Å². The molecule has 0 aromatic heterocycles. The third-order valence-electron chi connectivity index (χ3n) is 3.78. The second kappa shape index (κ2) is 5.30. The van der Waals surface area contributed by atoms with Gasteiger partial charge in [0.15, 0.2) is 0 Å². The van der Waals surface area contributed by atoms with E-state index in [9.17, 15) is 0 Å². The third kappa shape index (κ3) is 2.65. The van der Waals surface area contributed by atoms with E-state index in [1.54, 1.807) is 5.19 Å². The van der Waals surface area contributed by atoms with Crippen LogP contribution in [0.15, 0.2) is 30.3 Å². The Bertz CT molecular complexity index is 323. The summed E-state index contributed by atoms with van der Waals surface area (Å²) in [7, 11) is -0.990. The second-order valence-corrected chi connectivity index (χ2v) is 11.7. The van der Waals surface area contributed by atoms with Gasteiger partial charge in [0.1, 0.15) is 0 Å². The van der Waals surface area contributed by atoms with Gasteiger partial charge in [0, 0.05) is 11.5 Å². The average Bonchev–Trinajstić information content (AvgIpc) is 2.31. The highest BCUT2D eigenvalue weighted by Crippen LogP contribution is 2.26. The summed E-state index contributed by atoms with van der Waals surface area (Å²) in [6, 6.07) is 11.0. The van der Waals surface area contributed by atoms with Crippen LogP contribution in [0.5, 0.6) is 0 Å². The smallest absolute Gasteiger partial charge is 0.382 e. The second-order valence-electron chi connectivity index (χ2n) is 5.19. The molecule has 88 valence electrons. The van der Waals surface area contributed by atoms with Crippen molar-refractivity contribution in [1.82, 2.24) is 0 Å². The molecule has 16 heavy (non-hydrogen) atoms. The Labute approximate surface area is 104 Å². The van der Waals surface area contributed by atoms with Crippen LogP contribution in [0.25, 0.3) is 0 Å². The molecular weight excluding hydrogens is 228 g/mol. The number of hydrogen-bond donors (Lipinski definition) is 0. The molecule has 1 fully saturated rings. The zero-order valence-corrected chi connectivity index (χ0v) is 13.0. The van der Waals surface area contributed by atoms with E-state index >= 15 is 0 Å². The molecule has 1 aliphatic heterocycles. The van der Waals surface area contributed by atoms with Gasteiger partial charge in [-0.3, -0.25) is 0 Å². The maximum Gasteiger partial charge on any atom is 1.00 e. The highest BCUT2D eigenvalue weighted by atomic mass is 28.3. The summed E-state index contributed by atoms with van der Waals surface area (Å²) in [5.41, 5.74) is 0. The largest absolute Gasteiger partial charge is 1.00 e. The topological polar surface area (TPSA) is 9.23 Å². The van der Waals surface area contributed by atoms with Gasteiger partial charge in [-0.05, 0) is 19.3 Å². The maximum atomic E-state index is 6.25. The summed E-state index contributed by atoms with van der Waals surface area (Å²) < 4.78 is 6.25. The molecule has 0 saturated carbocycles. The van der Waals surface area contributed by atoms with Crippen LogP contribution in [0.3, 0.4) is 0 Å². The van der Waals surface area contributed by atoms with Crippen LogP contribution in [0.2, 0.25) is 13.1 Å². The van der Waals surface area contributed by atoms with E-state index in [0.717, 1.165) is 6.61 Å². The molecule has 1 atom stereocenters. The predicted octanol–water partition coefficient (Wildman–Crippen LogP) is 1.52. The molecule has 0 bridgehead atoms. The first kappa shape index (κ1) is 12.1. The van der Waals surface area contributed by atoms with Crippen LogP contribution in [-0.4, -0.2) is 29.8 Å². The zero-order chi connectivity index (χ0) is 11.4. The van der Waals surface area contributed by atoms with Gasteiger partial charge in [-0.25, -0.2) is 0 Å². The first-order valence-electron chi connectivity index (χ1n) is 6.41. The minimum absolute atomic E-state index is 0. The van der Waals surface area contributed by atoms with Crippen molar-refractivity contribution in [2.75, 3.05) is 6.61 Å². The SMILES string of the molecule is C[SiH](C)C1([SiH2]c2ccccc2)CCCCO1.[H+]. The number of ether oxygens (including phenoxy) is 1. The lowest BCUT2D eigenvalue weighted by molar-refractivity contribution is 0.0320. The third-order valence-corrected chi connectivity index (χ3v) is 11.4. The molecule has 1 aromatic rings. The highest BCUT2D eigenvalue weighted by Gasteiger charge is 2.37. The van der Waals surface area contributed by atoms with E-state index in [1.807, 2.05) is 0 Å². The van der Waals surface area contributed by atoms with Crippen LogP contribution in [0, 0.1) is 0 Å². The highest BCUT2D eigenvalue weighted by molar-refractivity contribution is 6.78. The first-order chi connectivity index (χ1) is 7.73. The molecule has 2 rings (SSSR count). The Morgan fingerprint density at radius 3 is 2.56 bits per heavy atom. The van der Waals surface area contributed by atoms with Gasteiger partial charge in [-0.15, -0.1) is 0 Å². The van der Waals surface area contributed by atoms with Crippen LogP contribution in [0.4, 0.5) is 0 Å². The molecule has 1 nitrogen and oxygen atoms in total. The Balaban J connectivity index is 0.00000144. The van der Waals surface area contributed by atoms with Crippen LogP contribution < -0.4 is 5.19 Å². The van der Waals surface area contributed by atoms with Gasteiger partial charge in [-0.1, -0.05) is 48.6 Å². The summed E-state index contributed by atoms with van der Waals surface area (Å²) in [5, 5.41) is 1.57. The maximum absolute atomic E-state index is 6.25. The van der Waals surface area contributed by atoms with E-state index < -0.39 is 8.80 Å². The van der Waals surface area contributed by atoms with Crippen LogP contribution >= 0.6 is 0 Å². The standard InChI is InChI=1S/C13H22OSi2/c1-16(2)13(10-6-7-11-14-13)15-12-8-4-3-5-9-12/h3-5,8-9,16H,6-7,10-11,15H2,1-2H3/p+1. The summed E-state index contributed by atoms with van der Waals surface area (Å²) in [5.74, 6) is 0. The van der Waals surface area contributed by atoms with Crippen molar-refractivity contribution in [3.8, 4) is 0 Å². The minimum atomic E-state index is -0.718. The Kier molecular flexibility index (Phi) is 4.00. The summed E-state index contributed by atoms with van der Waals surface area (Å²) >= 11 is 0. The van der Waals surface area contributed by atoms with Gasteiger partial charge in [0.25, 0.3) is 0 Å². The van der Waals surface area contributed by atoms with Crippen LogP contribution in [-0.2, 0) is 4.74 Å². The van der Waals surface area contributed by atoms with E-state index in [4.69, 9.17) is 4.74 Å². The van der Waals surface area contributed by atoms with Gasteiger partial charge in [0.2, 0.25) is 0 Å². The summed E-state index contributed by atoms with van der Waals surface area (Å²) in [4.78, 5) is 0.361. The lowest BCUT2D eigenvalue weighted by atomic mass is 10.2. The number of benzene rings is 1. The van der Waals surface area contributed by atoms with E-state index in [2.05, 4.69) is 43.4 Å². The van der Waals surface area contributed by atoms with Gasteiger partial charge in [-0.2, -0.15) is 0 Å². The summed E-state index contributed by atoms with van der Waals surface area (Å²) in [6.45, 7) is 5.92. The molecule has 0 spiro atoms. The van der Waals surface area contributed by atoms with Crippen molar-refractivity contribution in [3.05, 3.63) is 30.3 Å². The van der Waals surface area contributed by atoms with Gasteiger partial charge < -0.3 is 4.74 Å². The molecule has 1 heterocycles. The van der Waals surface area contributed by atoms with E-state index in [0.29, 0.717) is 4.85 Å². The minimum Gasteiger partial charge on any atom is -0.382 e. The fraction of sp³-hybridized carbons (Fsp3) is 0.538. The van der Waals surface area contributed by atoms with Crippen molar-refractivity contribution >= 4 is 23.5 Å². The van der Waals surface area contributed by atoms with Gasteiger partial charge in [0.05, 0.1) is 18.3 Å². The fourth-order valence-corrected chi connectivity index (χ4v) is 8.06. The lowest BCUT2D eigenvalue weighted by Crippen LogP contribution is -2.55. The van der Waals surface area contributed by atoms with Crippen molar-refractivity contribution < 1.29 is 6.16 Å². The lowest BCUT2D eigenvalue weighted by Gasteiger charge is -2.40. The van der Waals surface area contributed by atoms with Crippen molar-refractivity contribution in [1.29, 1.82) is 0 Å². The van der Waals surface area contributed by atoms with Gasteiger partial charge >= 0.3 is 1.43 Å². The molecule has 0 aliphatic carbocycles. The van der Waals surface area contributed by atoms with E-state index in [1.165, 1.54) is 19.3 Å². The molecule has 1 saturated heterocycles. The molecule has 3 heteroatoms. The quantitative estimate of drug-likeness (QED) is 0.740. The normalized spacial score (nSPS) is 26.7. The monoisotopic (exact) mass is 251 g/mol. The average molecular weight is 251 g/mol. The van der Waals surface area contributed by atoms with Crippen molar-refractivity contribution in [3.63, 3.8) is 0 Å². The molecule has 1 unspecified atom stereocenters. The van der Waals surface area contributed by atoms with Crippen molar-refractivity contribution in [2.45, 2.75) is 37.2 Å². The van der Waals surface area contributed by atoms with Crippen LogP contribution in [0.1, 0.15) is 20.7 Å². The molecule has 1 aromatic carbocycles. The number of hydrogen-bond acceptors (Lipinski definition) is 1. The zero-order valence-electron chi connectivity index (χ0n) is 11.4. The molecular formula is C13H23OSi2+. The Morgan fingerprint density at radius 2 is 2.00 bits per heavy atom. The first-order valence-corrected chi connectivity index (χ1v) is 10.7. The fourth-order valence-electron chi connectivity index (χ4n) is 2.61.